The van der Waals surface area contributed by atoms with Crippen LogP contribution >= 0.6 is 0 Å². The highest BCUT2D eigenvalue weighted by Crippen LogP contribution is 2.18. The van der Waals surface area contributed by atoms with E-state index >= 15 is 0 Å². The number of nitrogens with zero attached hydrogens (tertiary/aromatic N) is 1. The molecule has 2 N–H and O–H groups in total. The van der Waals surface area contributed by atoms with E-state index in [4.69, 9.17) is 5.73 Å². The van der Waals surface area contributed by atoms with Crippen LogP contribution in [0.15, 0.2) is 17.3 Å². The molecular weight excluding hydrogens is 136 g/mol. The Morgan fingerprint density at radius 2 is 2.55 bits per heavy atom. The monoisotopic (exact) mass is 152 g/mol. The molecule has 1 aliphatic rings. The van der Waals surface area contributed by atoms with E-state index in [-0.39, 0.29) is 0 Å². The van der Waals surface area contributed by atoms with Gasteiger partial charge in [-0.3, -0.25) is 4.99 Å². The van der Waals surface area contributed by atoms with E-state index in [9.17, 15) is 0 Å². The average molecular weight is 152 g/mol. The zero-order valence-corrected chi connectivity index (χ0v) is 7.09. The fourth-order valence-electron chi connectivity index (χ4n) is 1.43. The van der Waals surface area contributed by atoms with Gasteiger partial charge in [0.05, 0.1) is 0 Å². The minimum Gasteiger partial charge on any atom is -0.405 e. The van der Waals surface area contributed by atoms with E-state index in [0.29, 0.717) is 0 Å². The Bertz CT molecular complexity index is 170. The first-order chi connectivity index (χ1) is 5.36. The fourth-order valence-corrected chi connectivity index (χ4v) is 1.43. The van der Waals surface area contributed by atoms with E-state index in [1.165, 1.54) is 18.6 Å². The molecule has 1 atom stereocenters. The Kier molecular flexibility index (Phi) is 3.14. The zero-order chi connectivity index (χ0) is 8.10. The van der Waals surface area contributed by atoms with Crippen molar-refractivity contribution in [3.05, 3.63) is 12.3 Å². The van der Waals surface area contributed by atoms with Gasteiger partial charge in [-0.2, -0.15) is 0 Å². The number of hydrogen-bond donors (Lipinski definition) is 1. The quantitative estimate of drug-likeness (QED) is 0.642. The molecule has 11 heavy (non-hydrogen) atoms. The summed E-state index contributed by atoms with van der Waals surface area (Å²) < 4.78 is 0. The van der Waals surface area contributed by atoms with Crippen LogP contribution < -0.4 is 5.73 Å². The van der Waals surface area contributed by atoms with Crippen molar-refractivity contribution >= 4 is 5.71 Å². The summed E-state index contributed by atoms with van der Waals surface area (Å²) in [6, 6.07) is 0. The Morgan fingerprint density at radius 1 is 1.73 bits per heavy atom. The lowest BCUT2D eigenvalue weighted by Gasteiger charge is -2.18. The molecule has 0 aliphatic carbocycles. The van der Waals surface area contributed by atoms with Crippen LogP contribution in [0.5, 0.6) is 0 Å². The van der Waals surface area contributed by atoms with Gasteiger partial charge in [-0.15, -0.1) is 0 Å². The maximum Gasteiger partial charge on any atom is 0.0395 e. The second-order valence-electron chi connectivity index (χ2n) is 3.00. The molecule has 2 nitrogen and oxygen atoms in total. The second-order valence-corrected chi connectivity index (χ2v) is 3.00. The number of hydrogen-bond acceptors (Lipinski definition) is 2. The third kappa shape index (κ3) is 2.37. The van der Waals surface area contributed by atoms with Crippen molar-refractivity contribution in [2.75, 3.05) is 6.54 Å². The lowest BCUT2D eigenvalue weighted by molar-refractivity contribution is 0.479. The molecule has 0 amide bonds. The van der Waals surface area contributed by atoms with Gasteiger partial charge in [0.25, 0.3) is 0 Å². The van der Waals surface area contributed by atoms with Gasteiger partial charge >= 0.3 is 0 Å². The van der Waals surface area contributed by atoms with Crippen LogP contribution in [0.3, 0.4) is 0 Å². The molecule has 1 rings (SSSR count). The largest absolute Gasteiger partial charge is 0.405 e. The molecule has 0 radical (unpaired) electrons. The van der Waals surface area contributed by atoms with Gasteiger partial charge < -0.3 is 5.73 Å². The minimum atomic E-state index is 0.832. The van der Waals surface area contributed by atoms with Crippen molar-refractivity contribution in [1.29, 1.82) is 0 Å². The van der Waals surface area contributed by atoms with Crippen molar-refractivity contribution in [3.63, 3.8) is 0 Å². The number of allylic oxidation sites excluding steroid dienone is 1. The predicted octanol–water partition coefficient (Wildman–Crippen LogP) is 1.72. The van der Waals surface area contributed by atoms with Crippen molar-refractivity contribution < 1.29 is 0 Å². The summed E-state index contributed by atoms with van der Waals surface area (Å²) in [6.07, 6.45) is 7.12. The minimum absolute atomic E-state index is 0.832. The van der Waals surface area contributed by atoms with Gasteiger partial charge in [-0.25, -0.2) is 0 Å². The van der Waals surface area contributed by atoms with Gasteiger partial charge in [0, 0.05) is 12.3 Å². The number of rotatable bonds is 2. The fraction of sp³-hybridized carbons (Fsp3) is 0.667. The Labute approximate surface area is 68.2 Å². The SMILES string of the molecule is CCC1CCN=C(/C=C\N)C1. The maximum atomic E-state index is 5.28. The predicted molar refractivity (Wildman–Crippen MR) is 48.6 cm³/mol. The summed E-state index contributed by atoms with van der Waals surface area (Å²) in [6.45, 7) is 3.22. The molecular formula is C9H16N2. The van der Waals surface area contributed by atoms with Crippen LogP contribution in [0.25, 0.3) is 0 Å². The summed E-state index contributed by atoms with van der Waals surface area (Å²) >= 11 is 0. The molecule has 0 saturated heterocycles. The highest BCUT2D eigenvalue weighted by atomic mass is 14.7. The Balaban J connectivity index is 2.48. The van der Waals surface area contributed by atoms with E-state index in [2.05, 4.69) is 11.9 Å². The highest BCUT2D eigenvalue weighted by molar-refractivity contribution is 5.95. The van der Waals surface area contributed by atoms with E-state index in [1.807, 2.05) is 6.08 Å². The topological polar surface area (TPSA) is 38.4 Å². The van der Waals surface area contributed by atoms with Crippen molar-refractivity contribution in [3.8, 4) is 0 Å². The molecule has 0 saturated carbocycles. The molecule has 1 unspecified atom stereocenters. The third-order valence-electron chi connectivity index (χ3n) is 2.22. The Hall–Kier alpha value is -0.790. The normalized spacial score (nSPS) is 25.5. The van der Waals surface area contributed by atoms with E-state index in [1.54, 1.807) is 6.20 Å². The zero-order valence-electron chi connectivity index (χ0n) is 7.09. The van der Waals surface area contributed by atoms with Gasteiger partial charge in [0.15, 0.2) is 0 Å². The molecule has 0 aromatic carbocycles. The molecule has 0 aromatic rings. The summed E-state index contributed by atoms with van der Waals surface area (Å²) in [4.78, 5) is 4.37. The molecule has 0 aromatic heterocycles. The summed E-state index contributed by atoms with van der Waals surface area (Å²) in [5.74, 6) is 0.832. The molecule has 2 heteroatoms. The van der Waals surface area contributed by atoms with E-state index in [0.717, 1.165) is 18.9 Å². The van der Waals surface area contributed by atoms with Crippen LogP contribution in [0.1, 0.15) is 26.2 Å². The number of nitrogens with two attached hydrogens (primary N) is 1. The van der Waals surface area contributed by atoms with Gasteiger partial charge in [0.2, 0.25) is 0 Å². The third-order valence-corrected chi connectivity index (χ3v) is 2.22. The van der Waals surface area contributed by atoms with Gasteiger partial charge in [-0.05, 0) is 31.0 Å². The van der Waals surface area contributed by atoms with Gasteiger partial charge in [0.1, 0.15) is 0 Å². The van der Waals surface area contributed by atoms with E-state index < -0.39 is 0 Å². The molecule has 1 heterocycles. The molecule has 0 bridgehead atoms. The first kappa shape index (κ1) is 8.31. The summed E-state index contributed by atoms with van der Waals surface area (Å²) in [5.41, 5.74) is 6.46. The van der Waals surface area contributed by atoms with Crippen LogP contribution in [0.2, 0.25) is 0 Å². The van der Waals surface area contributed by atoms with Crippen molar-refractivity contribution in [1.82, 2.24) is 0 Å². The van der Waals surface area contributed by atoms with Crippen LogP contribution in [-0.4, -0.2) is 12.3 Å². The summed E-state index contributed by atoms with van der Waals surface area (Å²) in [7, 11) is 0. The standard InChI is InChI=1S/C9H16N2/c1-2-8-4-6-11-9(7-8)3-5-10/h3,5,8H,2,4,6-7,10H2,1H3/b5-3-. The molecule has 62 valence electrons. The first-order valence-electron chi connectivity index (χ1n) is 4.28. The summed E-state index contributed by atoms with van der Waals surface area (Å²) in [5, 5.41) is 0. The lowest BCUT2D eigenvalue weighted by Crippen LogP contribution is -2.13. The van der Waals surface area contributed by atoms with Crippen molar-refractivity contribution in [2.24, 2.45) is 16.6 Å². The first-order valence-corrected chi connectivity index (χ1v) is 4.28. The highest BCUT2D eigenvalue weighted by Gasteiger charge is 2.12. The molecule has 0 spiro atoms. The number of aliphatic imine (C=N–C) groups is 1. The van der Waals surface area contributed by atoms with Crippen LogP contribution in [0, 0.1) is 5.92 Å². The molecule has 1 aliphatic heterocycles. The van der Waals surface area contributed by atoms with Crippen LogP contribution in [0.4, 0.5) is 0 Å². The van der Waals surface area contributed by atoms with Gasteiger partial charge in [-0.1, -0.05) is 13.3 Å². The Morgan fingerprint density at radius 3 is 3.18 bits per heavy atom. The van der Waals surface area contributed by atoms with Crippen molar-refractivity contribution in [2.45, 2.75) is 26.2 Å². The average Bonchev–Trinajstić information content (AvgIpc) is 2.06. The second kappa shape index (κ2) is 4.16. The lowest BCUT2D eigenvalue weighted by atomic mass is 9.93. The molecule has 0 fully saturated rings. The smallest absolute Gasteiger partial charge is 0.0395 e. The maximum absolute atomic E-state index is 5.28. The van der Waals surface area contributed by atoms with Crippen LogP contribution in [-0.2, 0) is 0 Å².